The molecule has 0 aliphatic carbocycles. The first-order valence-corrected chi connectivity index (χ1v) is 9.92. The molecular weight excluding hydrogens is 366 g/mol. The van der Waals surface area contributed by atoms with Gasteiger partial charge in [-0.1, -0.05) is 29.8 Å². The molecule has 0 fully saturated rings. The number of thiophene rings is 1. The highest BCUT2D eigenvalue weighted by molar-refractivity contribution is 7.89. The second-order valence-corrected chi connectivity index (χ2v) is 8.99. The van der Waals surface area contributed by atoms with Crippen molar-refractivity contribution < 1.29 is 13.5 Å². The van der Waals surface area contributed by atoms with Gasteiger partial charge in [-0.05, 0) is 48.7 Å². The molecule has 0 aliphatic rings. The number of nitrogens with one attached hydrogen (secondary N) is 1. The summed E-state index contributed by atoms with van der Waals surface area (Å²) < 4.78 is 28.2. The molecule has 3 rings (SSSR count). The summed E-state index contributed by atoms with van der Waals surface area (Å²) in [5.74, 6) is 0. The molecule has 0 radical (unpaired) electrons. The van der Waals surface area contributed by atoms with E-state index in [0.717, 1.165) is 10.1 Å². The summed E-state index contributed by atoms with van der Waals surface area (Å²) in [7, 11) is -3.71. The maximum Gasteiger partial charge on any atom is 0.240 e. The average molecular weight is 382 g/mol. The molecule has 7 heteroatoms. The number of halogens is 1. The Balaban J connectivity index is 1.80. The SMILES string of the molecule is CC(O)(CNS(=O)(=O)c1ccc(Cl)cc1)c1cc2ccccc2s1. The number of sulfonamides is 1. The number of hydrogen-bond donors (Lipinski definition) is 2. The van der Waals surface area contributed by atoms with Gasteiger partial charge in [-0.15, -0.1) is 11.3 Å². The number of hydrogen-bond acceptors (Lipinski definition) is 4. The molecule has 0 spiro atoms. The van der Waals surface area contributed by atoms with Crippen LogP contribution in [0.4, 0.5) is 0 Å². The van der Waals surface area contributed by atoms with Gasteiger partial charge in [0.25, 0.3) is 0 Å². The summed E-state index contributed by atoms with van der Waals surface area (Å²) in [6.45, 7) is 1.48. The molecule has 2 N–H and O–H groups in total. The lowest BCUT2D eigenvalue weighted by Gasteiger charge is -2.22. The Kier molecular flexibility index (Phi) is 4.68. The molecule has 126 valence electrons. The van der Waals surface area contributed by atoms with Gasteiger partial charge >= 0.3 is 0 Å². The second-order valence-electron chi connectivity index (χ2n) is 5.70. The van der Waals surface area contributed by atoms with Gasteiger partial charge in [0.1, 0.15) is 5.60 Å². The van der Waals surface area contributed by atoms with Crippen molar-refractivity contribution in [2.45, 2.75) is 17.4 Å². The van der Waals surface area contributed by atoms with Gasteiger partial charge < -0.3 is 5.11 Å². The van der Waals surface area contributed by atoms with E-state index < -0.39 is 15.6 Å². The first kappa shape index (κ1) is 17.4. The number of fused-ring (bicyclic) bond motifs is 1. The topological polar surface area (TPSA) is 66.4 Å². The standard InChI is InChI=1S/C17H16ClNO3S2/c1-17(20,16-10-12-4-2-3-5-15(12)23-16)11-19-24(21,22)14-8-6-13(18)7-9-14/h2-10,19-20H,11H2,1H3. The van der Waals surface area contributed by atoms with Crippen molar-refractivity contribution in [2.24, 2.45) is 0 Å². The molecule has 1 aromatic heterocycles. The fourth-order valence-electron chi connectivity index (χ4n) is 2.27. The molecule has 1 unspecified atom stereocenters. The Morgan fingerprint density at radius 3 is 2.50 bits per heavy atom. The molecule has 0 amide bonds. The number of benzene rings is 2. The zero-order valence-electron chi connectivity index (χ0n) is 12.9. The van der Waals surface area contributed by atoms with E-state index in [9.17, 15) is 13.5 Å². The highest BCUT2D eigenvalue weighted by Crippen LogP contribution is 2.33. The molecule has 24 heavy (non-hydrogen) atoms. The summed E-state index contributed by atoms with van der Waals surface area (Å²) >= 11 is 7.23. The van der Waals surface area contributed by atoms with E-state index >= 15 is 0 Å². The Morgan fingerprint density at radius 2 is 1.83 bits per heavy atom. The lowest BCUT2D eigenvalue weighted by molar-refractivity contribution is 0.0666. The van der Waals surface area contributed by atoms with E-state index in [1.807, 2.05) is 30.3 Å². The molecule has 1 atom stereocenters. The minimum absolute atomic E-state index is 0.110. The lowest BCUT2D eigenvalue weighted by Crippen LogP contribution is -2.38. The van der Waals surface area contributed by atoms with E-state index in [1.165, 1.54) is 35.6 Å². The van der Waals surface area contributed by atoms with Crippen LogP contribution in [-0.2, 0) is 15.6 Å². The fraction of sp³-hybridized carbons (Fsp3) is 0.176. The summed E-state index contributed by atoms with van der Waals surface area (Å²) in [5.41, 5.74) is -1.30. The Hall–Kier alpha value is -1.44. The third kappa shape index (κ3) is 3.63. The lowest BCUT2D eigenvalue weighted by atomic mass is 10.1. The molecular formula is C17H16ClNO3S2. The largest absolute Gasteiger partial charge is 0.383 e. The summed E-state index contributed by atoms with van der Waals surface area (Å²) in [5, 5.41) is 12.2. The first-order valence-electron chi connectivity index (χ1n) is 7.25. The zero-order chi connectivity index (χ0) is 17.4. The highest BCUT2D eigenvalue weighted by Gasteiger charge is 2.28. The smallest absolute Gasteiger partial charge is 0.240 e. The van der Waals surface area contributed by atoms with Crippen molar-refractivity contribution in [2.75, 3.05) is 6.54 Å². The van der Waals surface area contributed by atoms with Crippen molar-refractivity contribution in [3.8, 4) is 0 Å². The Bertz CT molecular complexity index is 930. The van der Waals surface area contributed by atoms with Crippen molar-refractivity contribution in [3.05, 3.63) is 64.5 Å². The van der Waals surface area contributed by atoms with Gasteiger partial charge in [-0.2, -0.15) is 0 Å². The maximum atomic E-state index is 12.3. The zero-order valence-corrected chi connectivity index (χ0v) is 15.3. The van der Waals surface area contributed by atoms with Crippen LogP contribution in [0.25, 0.3) is 10.1 Å². The maximum absolute atomic E-state index is 12.3. The van der Waals surface area contributed by atoms with E-state index in [4.69, 9.17) is 11.6 Å². The summed E-state index contributed by atoms with van der Waals surface area (Å²) in [4.78, 5) is 0.821. The number of aliphatic hydroxyl groups is 1. The van der Waals surface area contributed by atoms with E-state index in [-0.39, 0.29) is 11.4 Å². The van der Waals surface area contributed by atoms with Crippen LogP contribution in [0.1, 0.15) is 11.8 Å². The van der Waals surface area contributed by atoms with Crippen LogP contribution in [0.15, 0.2) is 59.5 Å². The molecule has 0 saturated heterocycles. The molecule has 4 nitrogen and oxygen atoms in total. The average Bonchev–Trinajstić information content (AvgIpc) is 2.99. The van der Waals surface area contributed by atoms with Gasteiger partial charge in [0.05, 0.1) is 4.90 Å². The molecule has 1 heterocycles. The predicted octanol–water partition coefficient (Wildman–Crippen LogP) is 3.74. The van der Waals surface area contributed by atoms with Crippen molar-refractivity contribution in [3.63, 3.8) is 0 Å². The van der Waals surface area contributed by atoms with Crippen LogP contribution in [0.5, 0.6) is 0 Å². The molecule has 0 bridgehead atoms. The highest BCUT2D eigenvalue weighted by atomic mass is 35.5. The predicted molar refractivity (Wildman–Crippen MR) is 98.0 cm³/mol. The van der Waals surface area contributed by atoms with Gasteiger partial charge in [-0.25, -0.2) is 13.1 Å². The Morgan fingerprint density at radius 1 is 1.17 bits per heavy atom. The van der Waals surface area contributed by atoms with Gasteiger partial charge in [0.2, 0.25) is 10.0 Å². The van der Waals surface area contributed by atoms with Crippen LogP contribution in [0, 0.1) is 0 Å². The van der Waals surface area contributed by atoms with Crippen molar-refractivity contribution >= 4 is 43.0 Å². The van der Waals surface area contributed by atoms with Gasteiger partial charge in [-0.3, -0.25) is 0 Å². The second kappa shape index (κ2) is 6.46. The van der Waals surface area contributed by atoms with Crippen molar-refractivity contribution in [1.82, 2.24) is 4.72 Å². The summed E-state index contributed by atoms with van der Waals surface area (Å²) in [6.07, 6.45) is 0. The van der Waals surface area contributed by atoms with Crippen LogP contribution >= 0.6 is 22.9 Å². The third-order valence-corrected chi connectivity index (χ3v) is 6.73. The van der Waals surface area contributed by atoms with Crippen LogP contribution < -0.4 is 4.72 Å². The molecule has 2 aromatic carbocycles. The molecule has 0 aliphatic heterocycles. The third-order valence-electron chi connectivity index (χ3n) is 3.69. The number of rotatable bonds is 5. The van der Waals surface area contributed by atoms with Crippen LogP contribution in [-0.4, -0.2) is 20.1 Å². The van der Waals surface area contributed by atoms with E-state index in [1.54, 1.807) is 6.92 Å². The minimum Gasteiger partial charge on any atom is -0.383 e. The molecule has 3 aromatic rings. The minimum atomic E-state index is -3.71. The fourth-order valence-corrected chi connectivity index (χ4v) is 4.63. The van der Waals surface area contributed by atoms with Gasteiger partial charge in [0, 0.05) is 21.1 Å². The molecule has 0 saturated carbocycles. The van der Waals surface area contributed by atoms with E-state index in [2.05, 4.69) is 4.72 Å². The summed E-state index contributed by atoms with van der Waals surface area (Å²) in [6, 6.07) is 15.6. The van der Waals surface area contributed by atoms with E-state index in [0.29, 0.717) is 9.90 Å². The van der Waals surface area contributed by atoms with Gasteiger partial charge in [0.15, 0.2) is 0 Å². The normalized spacial score (nSPS) is 14.6. The van der Waals surface area contributed by atoms with Crippen LogP contribution in [0.2, 0.25) is 5.02 Å². The Labute approximate surface area is 149 Å². The van der Waals surface area contributed by atoms with Crippen molar-refractivity contribution in [1.29, 1.82) is 0 Å². The van der Waals surface area contributed by atoms with Crippen LogP contribution in [0.3, 0.4) is 0 Å². The quantitative estimate of drug-likeness (QED) is 0.707. The first-order chi connectivity index (χ1) is 11.3. The monoisotopic (exact) mass is 381 g/mol.